The van der Waals surface area contributed by atoms with Gasteiger partial charge in [0.15, 0.2) is 17.3 Å². The van der Waals surface area contributed by atoms with Crippen molar-refractivity contribution in [1.29, 1.82) is 0 Å². The van der Waals surface area contributed by atoms with E-state index < -0.39 is 0 Å². The van der Waals surface area contributed by atoms with Crippen LogP contribution in [0.3, 0.4) is 0 Å². The van der Waals surface area contributed by atoms with Crippen LogP contribution in [0, 0.1) is 0 Å². The van der Waals surface area contributed by atoms with E-state index >= 15 is 0 Å². The number of rotatable bonds is 8. The summed E-state index contributed by atoms with van der Waals surface area (Å²) in [6.45, 7) is 4.78. The minimum atomic E-state index is -0.265. The van der Waals surface area contributed by atoms with Gasteiger partial charge in [0, 0.05) is 25.4 Å². The smallest absolute Gasteiger partial charge is 0.315 e. The Morgan fingerprint density at radius 2 is 1.96 bits per heavy atom. The van der Waals surface area contributed by atoms with Gasteiger partial charge in [-0.15, -0.1) is 0 Å². The second-order valence-corrected chi connectivity index (χ2v) is 5.75. The predicted octanol–water partition coefficient (Wildman–Crippen LogP) is 2.25. The van der Waals surface area contributed by atoms with Crippen LogP contribution in [0.4, 0.5) is 4.79 Å². The zero-order valence-electron chi connectivity index (χ0n) is 15.0. The van der Waals surface area contributed by atoms with Gasteiger partial charge in [0.1, 0.15) is 0 Å². The molecule has 1 heterocycles. The van der Waals surface area contributed by atoms with E-state index in [9.17, 15) is 4.79 Å². The number of carbonyl (C=O) groups excluding carboxylic acids is 1. The fraction of sp³-hybridized carbons (Fsp3) is 0.471. The van der Waals surface area contributed by atoms with Gasteiger partial charge < -0.3 is 24.6 Å². The second kappa shape index (κ2) is 8.91. The minimum Gasteiger partial charge on any atom is -0.493 e. The third-order valence-corrected chi connectivity index (χ3v) is 3.53. The van der Waals surface area contributed by atoms with Gasteiger partial charge in [-0.3, -0.25) is 0 Å². The van der Waals surface area contributed by atoms with Gasteiger partial charge in [0.2, 0.25) is 5.89 Å². The standard InChI is InChI=1S/C17H24N4O4/c1-11(2)16-20-15(25-21-16)7-8-18-17(22)19-10-12-5-6-13(23-3)14(9-12)24-4/h5-6,9,11H,7-8,10H2,1-4H3,(H2,18,19,22). The van der Waals surface area contributed by atoms with E-state index in [0.29, 0.717) is 42.7 Å². The highest BCUT2D eigenvalue weighted by molar-refractivity contribution is 5.73. The summed E-state index contributed by atoms with van der Waals surface area (Å²) in [5, 5.41) is 9.42. The zero-order valence-corrected chi connectivity index (χ0v) is 15.0. The third-order valence-electron chi connectivity index (χ3n) is 3.53. The maximum absolute atomic E-state index is 11.9. The highest BCUT2D eigenvalue weighted by Gasteiger charge is 2.10. The van der Waals surface area contributed by atoms with E-state index in [1.807, 2.05) is 26.0 Å². The number of methoxy groups -OCH3 is 2. The summed E-state index contributed by atoms with van der Waals surface area (Å²) in [7, 11) is 3.15. The van der Waals surface area contributed by atoms with Crippen molar-refractivity contribution in [3.63, 3.8) is 0 Å². The van der Waals surface area contributed by atoms with Gasteiger partial charge in [-0.2, -0.15) is 4.98 Å². The van der Waals surface area contributed by atoms with Crippen LogP contribution in [0.2, 0.25) is 0 Å². The second-order valence-electron chi connectivity index (χ2n) is 5.75. The first kappa shape index (κ1) is 18.6. The van der Waals surface area contributed by atoms with Crippen molar-refractivity contribution in [2.45, 2.75) is 32.7 Å². The van der Waals surface area contributed by atoms with E-state index in [-0.39, 0.29) is 11.9 Å². The van der Waals surface area contributed by atoms with Crippen LogP contribution in [-0.2, 0) is 13.0 Å². The van der Waals surface area contributed by atoms with Gasteiger partial charge >= 0.3 is 6.03 Å². The first-order valence-corrected chi connectivity index (χ1v) is 8.08. The van der Waals surface area contributed by atoms with Crippen LogP contribution < -0.4 is 20.1 Å². The summed E-state index contributed by atoms with van der Waals surface area (Å²) < 4.78 is 15.5. The number of hydrogen-bond acceptors (Lipinski definition) is 6. The molecular formula is C17H24N4O4. The van der Waals surface area contributed by atoms with Gasteiger partial charge in [-0.1, -0.05) is 25.1 Å². The number of hydrogen-bond donors (Lipinski definition) is 2. The normalized spacial score (nSPS) is 10.6. The van der Waals surface area contributed by atoms with Gasteiger partial charge in [0.05, 0.1) is 14.2 Å². The molecule has 0 saturated heterocycles. The van der Waals surface area contributed by atoms with Crippen molar-refractivity contribution in [2.75, 3.05) is 20.8 Å². The van der Waals surface area contributed by atoms with E-state index in [1.165, 1.54) is 0 Å². The minimum absolute atomic E-state index is 0.218. The Labute approximate surface area is 146 Å². The third kappa shape index (κ3) is 5.37. The Kier molecular flexibility index (Phi) is 6.62. The van der Waals surface area contributed by atoms with Crippen LogP contribution >= 0.6 is 0 Å². The molecule has 1 aromatic carbocycles. The molecule has 0 unspecified atom stereocenters. The van der Waals surface area contributed by atoms with Crippen molar-refractivity contribution >= 4 is 6.03 Å². The monoisotopic (exact) mass is 348 g/mol. The number of amides is 2. The summed E-state index contributed by atoms with van der Waals surface area (Å²) in [6.07, 6.45) is 0.490. The van der Waals surface area contributed by atoms with E-state index in [2.05, 4.69) is 20.8 Å². The molecule has 0 atom stereocenters. The van der Waals surface area contributed by atoms with E-state index in [0.717, 1.165) is 5.56 Å². The Bertz CT molecular complexity index is 700. The number of urea groups is 1. The summed E-state index contributed by atoms with van der Waals surface area (Å²) in [5.41, 5.74) is 0.909. The molecule has 2 rings (SSSR count). The molecule has 25 heavy (non-hydrogen) atoms. The molecule has 0 aliphatic heterocycles. The molecule has 2 aromatic rings. The van der Waals surface area contributed by atoms with Gasteiger partial charge in [-0.05, 0) is 17.7 Å². The van der Waals surface area contributed by atoms with Crippen molar-refractivity contribution in [3.8, 4) is 11.5 Å². The summed E-state index contributed by atoms with van der Waals surface area (Å²) in [5.74, 6) is 2.68. The topological polar surface area (TPSA) is 98.5 Å². The number of nitrogens with zero attached hydrogens (tertiary/aromatic N) is 2. The Balaban J connectivity index is 1.75. The van der Waals surface area contributed by atoms with Crippen LogP contribution in [0.1, 0.15) is 37.0 Å². The van der Waals surface area contributed by atoms with Crippen molar-refractivity contribution in [2.24, 2.45) is 0 Å². The summed E-state index contributed by atoms with van der Waals surface area (Å²) in [4.78, 5) is 16.1. The van der Waals surface area contributed by atoms with E-state index in [1.54, 1.807) is 20.3 Å². The Hall–Kier alpha value is -2.77. The number of aromatic nitrogens is 2. The van der Waals surface area contributed by atoms with Crippen LogP contribution in [0.15, 0.2) is 22.7 Å². The lowest BCUT2D eigenvalue weighted by Gasteiger charge is -2.10. The Morgan fingerprint density at radius 1 is 1.20 bits per heavy atom. The van der Waals surface area contributed by atoms with Crippen LogP contribution in [0.5, 0.6) is 11.5 Å². The lowest BCUT2D eigenvalue weighted by Crippen LogP contribution is -2.36. The van der Waals surface area contributed by atoms with Gasteiger partial charge in [0.25, 0.3) is 0 Å². The molecule has 1 aromatic heterocycles. The molecule has 0 aliphatic carbocycles. The maximum atomic E-state index is 11.9. The molecule has 0 fully saturated rings. The average Bonchev–Trinajstić information content (AvgIpc) is 3.09. The predicted molar refractivity (Wildman–Crippen MR) is 91.9 cm³/mol. The SMILES string of the molecule is COc1ccc(CNC(=O)NCCc2nc(C(C)C)no2)cc1OC. The number of carbonyl (C=O) groups is 1. The van der Waals surface area contributed by atoms with Crippen molar-refractivity contribution in [3.05, 3.63) is 35.5 Å². The first-order valence-electron chi connectivity index (χ1n) is 8.08. The Morgan fingerprint density at radius 3 is 2.60 bits per heavy atom. The highest BCUT2D eigenvalue weighted by Crippen LogP contribution is 2.27. The molecule has 0 bridgehead atoms. The van der Waals surface area contributed by atoms with Crippen LogP contribution in [-0.4, -0.2) is 36.9 Å². The highest BCUT2D eigenvalue weighted by atomic mass is 16.5. The summed E-state index contributed by atoms with van der Waals surface area (Å²) >= 11 is 0. The van der Waals surface area contributed by atoms with Crippen molar-refractivity contribution in [1.82, 2.24) is 20.8 Å². The van der Waals surface area contributed by atoms with Gasteiger partial charge in [-0.25, -0.2) is 4.79 Å². The number of nitrogens with one attached hydrogen (secondary N) is 2. The van der Waals surface area contributed by atoms with Crippen molar-refractivity contribution < 1.29 is 18.8 Å². The number of benzene rings is 1. The molecule has 8 heteroatoms. The molecule has 136 valence electrons. The lowest BCUT2D eigenvalue weighted by atomic mass is 10.2. The molecular weight excluding hydrogens is 324 g/mol. The molecule has 0 saturated carbocycles. The molecule has 2 N–H and O–H groups in total. The lowest BCUT2D eigenvalue weighted by molar-refractivity contribution is 0.240. The van der Waals surface area contributed by atoms with Crippen LogP contribution in [0.25, 0.3) is 0 Å². The average molecular weight is 348 g/mol. The molecule has 0 spiro atoms. The maximum Gasteiger partial charge on any atom is 0.315 e. The fourth-order valence-corrected chi connectivity index (χ4v) is 2.12. The molecule has 0 radical (unpaired) electrons. The molecule has 8 nitrogen and oxygen atoms in total. The zero-order chi connectivity index (χ0) is 18.2. The number of ether oxygens (including phenoxy) is 2. The largest absolute Gasteiger partial charge is 0.493 e. The summed E-state index contributed by atoms with van der Waals surface area (Å²) in [6, 6.07) is 5.23. The molecule has 0 aliphatic rings. The quantitative estimate of drug-likeness (QED) is 0.759. The molecule has 2 amide bonds. The first-order chi connectivity index (χ1) is 12.0. The van der Waals surface area contributed by atoms with E-state index in [4.69, 9.17) is 14.0 Å². The fourth-order valence-electron chi connectivity index (χ4n) is 2.12.